The van der Waals surface area contributed by atoms with Crippen molar-refractivity contribution in [1.29, 1.82) is 0 Å². The number of carbonyl (C=O) groups excluding carboxylic acids is 2. The van der Waals surface area contributed by atoms with E-state index in [1.807, 2.05) is 36.4 Å². The van der Waals surface area contributed by atoms with Crippen LogP contribution in [0.15, 0.2) is 84.9 Å². The zero-order chi connectivity index (χ0) is 26.2. The molecule has 0 bridgehead atoms. The Morgan fingerprint density at radius 1 is 0.763 bits per heavy atom. The largest absolute Gasteiger partial charge is 0.492 e. The predicted molar refractivity (Wildman–Crippen MR) is 148 cm³/mol. The Hall–Kier alpha value is -4.71. The summed E-state index contributed by atoms with van der Waals surface area (Å²) in [7, 11) is 0. The number of H-pyrrole nitrogens is 1. The maximum atomic E-state index is 12.8. The van der Waals surface area contributed by atoms with E-state index in [4.69, 9.17) is 9.72 Å². The van der Waals surface area contributed by atoms with Gasteiger partial charge in [-0.15, -0.1) is 0 Å². The average Bonchev–Trinajstić information content (AvgIpc) is 3.45. The van der Waals surface area contributed by atoms with E-state index in [1.54, 1.807) is 24.3 Å². The quantitative estimate of drug-likeness (QED) is 0.202. The van der Waals surface area contributed by atoms with E-state index in [2.05, 4.69) is 43.1 Å². The van der Waals surface area contributed by atoms with Crippen molar-refractivity contribution in [3.63, 3.8) is 0 Å². The van der Waals surface area contributed by atoms with Crippen molar-refractivity contribution in [3.05, 3.63) is 107 Å². The number of aromatic nitrogens is 2. The summed E-state index contributed by atoms with van der Waals surface area (Å²) < 4.78 is 6.45. The van der Waals surface area contributed by atoms with Gasteiger partial charge in [-0.05, 0) is 56.2 Å². The smallest absolute Gasteiger partial charge is 0.261 e. The number of carbonyl (C=O) groups is 2. The summed E-state index contributed by atoms with van der Waals surface area (Å²) in [5.74, 6) is 0.958. The number of amides is 2. The summed E-state index contributed by atoms with van der Waals surface area (Å²) in [5.41, 5.74) is 8.00. The molecule has 2 heterocycles. The number of para-hydroxylation sites is 3. The monoisotopic (exact) mass is 501 g/mol. The summed E-state index contributed by atoms with van der Waals surface area (Å²) in [6, 6.07) is 27.4. The molecular weight excluding hydrogens is 474 g/mol. The molecule has 5 aromatic rings. The molecule has 0 spiro atoms. The van der Waals surface area contributed by atoms with Gasteiger partial charge in [0.15, 0.2) is 0 Å². The lowest BCUT2D eigenvalue weighted by molar-refractivity contribution is 0.0647. The second-order valence-electron chi connectivity index (χ2n) is 9.67. The Morgan fingerprint density at radius 2 is 1.39 bits per heavy atom. The molecule has 6 rings (SSSR count). The first-order valence-electron chi connectivity index (χ1n) is 12.7. The molecule has 0 atom stereocenters. The molecule has 0 aliphatic carbocycles. The van der Waals surface area contributed by atoms with Crippen molar-refractivity contribution in [2.75, 3.05) is 13.2 Å². The minimum absolute atomic E-state index is 0.246. The number of benzene rings is 4. The molecule has 1 aliphatic rings. The summed E-state index contributed by atoms with van der Waals surface area (Å²) in [6.07, 6.45) is 0.506. The number of fused-ring (bicyclic) bond motifs is 2. The molecule has 0 radical (unpaired) electrons. The molecule has 0 unspecified atom stereocenters. The van der Waals surface area contributed by atoms with Crippen LogP contribution in [0.3, 0.4) is 0 Å². The van der Waals surface area contributed by atoms with Crippen LogP contribution < -0.4 is 4.74 Å². The molecule has 1 aliphatic heterocycles. The van der Waals surface area contributed by atoms with E-state index in [-0.39, 0.29) is 18.4 Å². The molecule has 1 aromatic heterocycles. The van der Waals surface area contributed by atoms with Crippen LogP contribution in [-0.4, -0.2) is 39.8 Å². The maximum absolute atomic E-state index is 12.8. The van der Waals surface area contributed by atoms with Gasteiger partial charge in [0.1, 0.15) is 11.6 Å². The number of aryl methyl sites for hydroxylation is 2. The Labute approximate surface area is 220 Å². The Morgan fingerprint density at radius 3 is 2.11 bits per heavy atom. The minimum atomic E-state index is -0.246. The van der Waals surface area contributed by atoms with Gasteiger partial charge in [0.2, 0.25) is 0 Å². The Bertz CT molecular complexity index is 1610. The predicted octanol–water partition coefficient (Wildman–Crippen LogP) is 6.58. The van der Waals surface area contributed by atoms with Crippen molar-refractivity contribution in [3.8, 4) is 28.3 Å². The number of nitrogens with zero attached hydrogens (tertiary/aromatic N) is 2. The zero-order valence-electron chi connectivity index (χ0n) is 21.3. The van der Waals surface area contributed by atoms with Crippen LogP contribution in [0.2, 0.25) is 0 Å². The highest BCUT2D eigenvalue weighted by Crippen LogP contribution is 2.39. The Kier molecular flexibility index (Phi) is 6.00. The number of nitrogens with one attached hydrogen (secondary N) is 1. The third-order valence-electron chi connectivity index (χ3n) is 6.84. The van der Waals surface area contributed by atoms with E-state index >= 15 is 0 Å². The second kappa shape index (κ2) is 9.63. The highest BCUT2D eigenvalue weighted by atomic mass is 16.5. The van der Waals surface area contributed by atoms with Crippen LogP contribution in [0.4, 0.5) is 0 Å². The van der Waals surface area contributed by atoms with E-state index < -0.39 is 0 Å². The third kappa shape index (κ3) is 4.24. The molecule has 0 fully saturated rings. The molecule has 6 nitrogen and oxygen atoms in total. The van der Waals surface area contributed by atoms with Crippen LogP contribution in [-0.2, 0) is 0 Å². The fourth-order valence-corrected chi connectivity index (χ4v) is 5.16. The molecular formula is C32H27N3O3. The average molecular weight is 502 g/mol. The summed E-state index contributed by atoms with van der Waals surface area (Å²) in [6.45, 7) is 4.80. The van der Waals surface area contributed by atoms with Gasteiger partial charge in [0.25, 0.3) is 11.8 Å². The van der Waals surface area contributed by atoms with E-state index in [1.165, 1.54) is 16.0 Å². The lowest BCUT2D eigenvalue weighted by atomic mass is 9.97. The van der Waals surface area contributed by atoms with Crippen LogP contribution in [0.1, 0.15) is 38.3 Å². The highest BCUT2D eigenvalue weighted by molar-refractivity contribution is 6.21. The fraction of sp³-hybridized carbons (Fsp3) is 0.156. The van der Waals surface area contributed by atoms with E-state index in [0.717, 1.165) is 39.3 Å². The van der Waals surface area contributed by atoms with Crippen LogP contribution in [0.5, 0.6) is 5.75 Å². The van der Waals surface area contributed by atoms with Gasteiger partial charge in [0.05, 0.1) is 34.3 Å². The molecule has 1 N–H and O–H groups in total. The topological polar surface area (TPSA) is 75.3 Å². The van der Waals surface area contributed by atoms with Crippen molar-refractivity contribution in [1.82, 2.24) is 14.9 Å². The van der Waals surface area contributed by atoms with Gasteiger partial charge in [0, 0.05) is 12.1 Å². The number of hydrogen-bond acceptors (Lipinski definition) is 4. The first kappa shape index (κ1) is 23.7. The third-order valence-corrected chi connectivity index (χ3v) is 6.84. The lowest BCUT2D eigenvalue weighted by Gasteiger charge is -2.18. The second-order valence-corrected chi connectivity index (χ2v) is 9.67. The first-order valence-corrected chi connectivity index (χ1v) is 12.7. The number of rotatable bonds is 7. The number of imidazole rings is 1. The minimum Gasteiger partial charge on any atom is -0.492 e. The lowest BCUT2D eigenvalue weighted by Crippen LogP contribution is -2.31. The van der Waals surface area contributed by atoms with Crippen molar-refractivity contribution in [2.45, 2.75) is 20.3 Å². The molecule has 38 heavy (non-hydrogen) atoms. The van der Waals surface area contributed by atoms with E-state index in [0.29, 0.717) is 24.2 Å². The van der Waals surface area contributed by atoms with Gasteiger partial charge in [-0.3, -0.25) is 14.5 Å². The molecule has 6 heteroatoms. The summed E-state index contributed by atoms with van der Waals surface area (Å²) >= 11 is 0. The highest BCUT2D eigenvalue weighted by Gasteiger charge is 2.34. The van der Waals surface area contributed by atoms with Gasteiger partial charge in [-0.1, -0.05) is 65.7 Å². The van der Waals surface area contributed by atoms with Crippen molar-refractivity contribution >= 4 is 22.8 Å². The zero-order valence-corrected chi connectivity index (χ0v) is 21.3. The van der Waals surface area contributed by atoms with Gasteiger partial charge in [-0.2, -0.15) is 0 Å². The van der Waals surface area contributed by atoms with Crippen LogP contribution in [0, 0.1) is 13.8 Å². The maximum Gasteiger partial charge on any atom is 0.261 e. The molecule has 0 saturated carbocycles. The number of aromatic amines is 1. The number of hydrogen-bond donors (Lipinski definition) is 1. The fourth-order valence-electron chi connectivity index (χ4n) is 5.16. The van der Waals surface area contributed by atoms with Gasteiger partial charge in [-0.25, -0.2) is 4.98 Å². The van der Waals surface area contributed by atoms with Crippen LogP contribution >= 0.6 is 0 Å². The van der Waals surface area contributed by atoms with Crippen molar-refractivity contribution < 1.29 is 14.3 Å². The summed E-state index contributed by atoms with van der Waals surface area (Å²) in [5, 5.41) is 0. The van der Waals surface area contributed by atoms with E-state index in [9.17, 15) is 9.59 Å². The number of imide groups is 1. The van der Waals surface area contributed by atoms with Crippen molar-refractivity contribution in [2.24, 2.45) is 0 Å². The normalized spacial score (nSPS) is 12.8. The van der Waals surface area contributed by atoms with Gasteiger partial charge < -0.3 is 9.72 Å². The van der Waals surface area contributed by atoms with Gasteiger partial charge >= 0.3 is 0 Å². The number of ether oxygens (including phenoxy) is 1. The standard InChI is InChI=1S/C32H27N3O3/c1-20-17-21(2)19-22(18-20)23-11-7-12-26(30-33-27-13-5-6-14-28(27)34-30)29(23)38-16-8-15-35-31(36)24-9-3-4-10-25(24)32(35)37/h3-7,9-14,17-19H,8,15-16H2,1-2H3,(H,33,34). The molecule has 4 aromatic carbocycles. The molecule has 0 saturated heterocycles. The summed E-state index contributed by atoms with van der Waals surface area (Å²) in [4.78, 5) is 35.0. The molecule has 188 valence electrons. The molecule has 2 amide bonds. The SMILES string of the molecule is Cc1cc(C)cc(-c2cccc(-c3nc4ccccc4[nH]3)c2OCCCN2C(=O)c3ccccc3C2=O)c1. The first-order chi connectivity index (χ1) is 18.5. The van der Waals surface area contributed by atoms with Crippen LogP contribution in [0.25, 0.3) is 33.5 Å². The Balaban J connectivity index is 1.30.